The average Bonchev–Trinajstić information content (AvgIpc) is 2.28. The van der Waals surface area contributed by atoms with Crippen molar-refractivity contribution in [2.75, 3.05) is 0 Å². The number of amidine groups is 1. The zero-order valence-corrected chi connectivity index (χ0v) is 10.1. The number of nitrogens with two attached hydrogens (primary N) is 1. The van der Waals surface area contributed by atoms with Crippen LogP contribution in [0.1, 0.15) is 25.8 Å². The van der Waals surface area contributed by atoms with E-state index < -0.39 is 5.82 Å². The van der Waals surface area contributed by atoms with Gasteiger partial charge in [0.25, 0.3) is 0 Å². The van der Waals surface area contributed by atoms with Crippen molar-refractivity contribution in [1.29, 1.82) is 0 Å². The fourth-order valence-electron chi connectivity index (χ4n) is 1.20. The van der Waals surface area contributed by atoms with E-state index in [1.165, 1.54) is 17.8 Å². The molecule has 3 N–H and O–H groups in total. The molecule has 0 aliphatic carbocycles. The molecule has 0 bridgehead atoms. The quantitative estimate of drug-likeness (QED) is 0.280. The molecule has 0 radical (unpaired) electrons. The Balaban J connectivity index is 3.13. The maximum absolute atomic E-state index is 13.6. The Morgan fingerprint density at radius 1 is 1.62 bits per heavy atom. The molecule has 0 saturated carbocycles. The summed E-state index contributed by atoms with van der Waals surface area (Å²) in [6.45, 7) is 4.10. The van der Waals surface area contributed by atoms with Gasteiger partial charge in [0.2, 0.25) is 0 Å². The first kappa shape index (κ1) is 12.8. The Hall–Kier alpha value is -1.23. The van der Waals surface area contributed by atoms with Crippen molar-refractivity contribution in [3.63, 3.8) is 0 Å². The second-order valence-corrected chi connectivity index (χ2v) is 4.92. The van der Waals surface area contributed by atoms with Gasteiger partial charge in [-0.15, -0.1) is 11.8 Å². The number of benzene rings is 1. The molecule has 5 heteroatoms. The fraction of sp³-hybridized carbons (Fsp3) is 0.364. The summed E-state index contributed by atoms with van der Waals surface area (Å²) in [5, 5.41) is 11.8. The minimum atomic E-state index is -0.469. The Kier molecular flexibility index (Phi) is 4.61. The van der Waals surface area contributed by atoms with E-state index >= 15 is 0 Å². The third kappa shape index (κ3) is 2.88. The SMILES string of the molecule is CCC(C)Sc1cccc(F)c1C(N)=NO. The molecule has 0 aliphatic rings. The normalized spacial score (nSPS) is 13.8. The van der Waals surface area contributed by atoms with E-state index in [1.807, 2.05) is 6.92 Å². The van der Waals surface area contributed by atoms with Crippen LogP contribution in [0.25, 0.3) is 0 Å². The Morgan fingerprint density at radius 3 is 2.88 bits per heavy atom. The number of halogens is 1. The molecule has 1 unspecified atom stereocenters. The highest BCUT2D eigenvalue weighted by molar-refractivity contribution is 8.00. The van der Waals surface area contributed by atoms with Gasteiger partial charge in [-0.2, -0.15) is 0 Å². The molecule has 1 rings (SSSR count). The molecule has 1 aromatic carbocycles. The maximum Gasteiger partial charge on any atom is 0.174 e. The standard InChI is InChI=1S/C11H15FN2OS/c1-3-7(2)16-9-6-4-5-8(12)10(9)11(13)14-15/h4-7,15H,3H2,1-2H3,(H2,13,14). The van der Waals surface area contributed by atoms with E-state index in [-0.39, 0.29) is 11.4 Å². The van der Waals surface area contributed by atoms with Gasteiger partial charge in [-0.1, -0.05) is 25.1 Å². The lowest BCUT2D eigenvalue weighted by molar-refractivity contribution is 0.318. The summed E-state index contributed by atoms with van der Waals surface area (Å²) in [5.74, 6) is -0.660. The maximum atomic E-state index is 13.6. The van der Waals surface area contributed by atoms with Gasteiger partial charge in [-0.25, -0.2) is 4.39 Å². The molecule has 16 heavy (non-hydrogen) atoms. The van der Waals surface area contributed by atoms with Crippen LogP contribution < -0.4 is 5.73 Å². The van der Waals surface area contributed by atoms with E-state index in [0.29, 0.717) is 10.1 Å². The first-order valence-corrected chi connectivity index (χ1v) is 5.91. The second-order valence-electron chi connectivity index (χ2n) is 3.43. The van der Waals surface area contributed by atoms with Gasteiger partial charge < -0.3 is 10.9 Å². The van der Waals surface area contributed by atoms with Crippen molar-refractivity contribution in [2.24, 2.45) is 10.9 Å². The molecule has 3 nitrogen and oxygen atoms in total. The number of thioether (sulfide) groups is 1. The third-order valence-corrected chi connectivity index (χ3v) is 3.57. The first-order chi connectivity index (χ1) is 7.60. The van der Waals surface area contributed by atoms with Crippen LogP contribution in [-0.4, -0.2) is 16.3 Å². The largest absolute Gasteiger partial charge is 0.409 e. The first-order valence-electron chi connectivity index (χ1n) is 5.03. The van der Waals surface area contributed by atoms with Crippen LogP contribution in [-0.2, 0) is 0 Å². The van der Waals surface area contributed by atoms with Gasteiger partial charge in [-0.05, 0) is 18.6 Å². The molecule has 0 fully saturated rings. The summed E-state index contributed by atoms with van der Waals surface area (Å²) in [4.78, 5) is 0.699. The van der Waals surface area contributed by atoms with E-state index in [0.717, 1.165) is 6.42 Å². The zero-order valence-electron chi connectivity index (χ0n) is 9.27. The number of hydrogen-bond acceptors (Lipinski definition) is 3. The van der Waals surface area contributed by atoms with Crippen molar-refractivity contribution in [2.45, 2.75) is 30.4 Å². The number of hydrogen-bond donors (Lipinski definition) is 2. The molecule has 0 heterocycles. The molecule has 1 atom stereocenters. The number of nitrogens with zero attached hydrogens (tertiary/aromatic N) is 1. The summed E-state index contributed by atoms with van der Waals surface area (Å²) in [7, 11) is 0. The Morgan fingerprint density at radius 2 is 2.31 bits per heavy atom. The van der Waals surface area contributed by atoms with Crippen molar-refractivity contribution in [3.05, 3.63) is 29.6 Å². The Bertz CT molecular complexity index is 396. The van der Waals surface area contributed by atoms with Crippen LogP contribution in [0.2, 0.25) is 0 Å². The minimum Gasteiger partial charge on any atom is -0.409 e. The summed E-state index contributed by atoms with van der Waals surface area (Å²) in [6.07, 6.45) is 0.969. The van der Waals surface area contributed by atoms with E-state index in [2.05, 4.69) is 12.1 Å². The van der Waals surface area contributed by atoms with Crippen molar-refractivity contribution >= 4 is 17.6 Å². The summed E-state index contributed by atoms with van der Waals surface area (Å²) >= 11 is 1.52. The van der Waals surface area contributed by atoms with E-state index in [1.54, 1.807) is 12.1 Å². The van der Waals surface area contributed by atoms with Crippen LogP contribution in [0.3, 0.4) is 0 Å². The van der Waals surface area contributed by atoms with Crippen LogP contribution in [0.5, 0.6) is 0 Å². The molecular formula is C11H15FN2OS. The molecule has 0 amide bonds. The molecule has 88 valence electrons. The van der Waals surface area contributed by atoms with Crippen molar-refractivity contribution in [1.82, 2.24) is 0 Å². The van der Waals surface area contributed by atoms with Gasteiger partial charge in [0.15, 0.2) is 5.84 Å². The lowest BCUT2D eigenvalue weighted by Gasteiger charge is -2.12. The topological polar surface area (TPSA) is 58.6 Å². The number of rotatable bonds is 4. The van der Waals surface area contributed by atoms with Crippen molar-refractivity contribution in [3.8, 4) is 0 Å². The lowest BCUT2D eigenvalue weighted by atomic mass is 10.2. The van der Waals surface area contributed by atoms with Gasteiger partial charge in [0.1, 0.15) is 5.82 Å². The number of oxime groups is 1. The molecular weight excluding hydrogens is 227 g/mol. The van der Waals surface area contributed by atoms with E-state index in [9.17, 15) is 4.39 Å². The molecule has 0 saturated heterocycles. The summed E-state index contributed by atoms with van der Waals surface area (Å²) in [6, 6.07) is 4.69. The van der Waals surface area contributed by atoms with Crippen LogP contribution in [0, 0.1) is 5.82 Å². The van der Waals surface area contributed by atoms with Gasteiger partial charge in [0, 0.05) is 10.1 Å². The van der Waals surface area contributed by atoms with Crippen LogP contribution >= 0.6 is 11.8 Å². The van der Waals surface area contributed by atoms with Gasteiger partial charge in [0.05, 0.1) is 5.56 Å². The smallest absolute Gasteiger partial charge is 0.174 e. The molecule has 0 spiro atoms. The lowest BCUT2D eigenvalue weighted by Crippen LogP contribution is -2.16. The summed E-state index contributed by atoms with van der Waals surface area (Å²) < 4.78 is 13.6. The van der Waals surface area contributed by atoms with Gasteiger partial charge >= 0.3 is 0 Å². The van der Waals surface area contributed by atoms with E-state index in [4.69, 9.17) is 10.9 Å². The van der Waals surface area contributed by atoms with Crippen LogP contribution in [0.15, 0.2) is 28.3 Å². The third-order valence-electron chi connectivity index (χ3n) is 2.24. The highest BCUT2D eigenvalue weighted by atomic mass is 32.2. The Labute approximate surface area is 98.5 Å². The molecule has 1 aromatic rings. The zero-order chi connectivity index (χ0) is 12.1. The molecule has 0 aliphatic heterocycles. The summed E-state index contributed by atoms with van der Waals surface area (Å²) in [5.41, 5.74) is 5.64. The average molecular weight is 242 g/mol. The highest BCUT2D eigenvalue weighted by Crippen LogP contribution is 2.29. The molecule has 0 aromatic heterocycles. The van der Waals surface area contributed by atoms with Crippen molar-refractivity contribution < 1.29 is 9.60 Å². The predicted octanol–water partition coefficient (Wildman–Crippen LogP) is 2.81. The minimum absolute atomic E-state index is 0.176. The van der Waals surface area contributed by atoms with Crippen LogP contribution in [0.4, 0.5) is 4.39 Å². The van der Waals surface area contributed by atoms with Gasteiger partial charge in [-0.3, -0.25) is 0 Å². The second kappa shape index (κ2) is 5.75. The predicted molar refractivity (Wildman–Crippen MR) is 64.5 cm³/mol. The monoisotopic (exact) mass is 242 g/mol. The fourth-order valence-corrected chi connectivity index (χ4v) is 2.28. The highest BCUT2D eigenvalue weighted by Gasteiger charge is 2.14.